The number of pyridine rings is 1. The van der Waals surface area contributed by atoms with E-state index in [1.807, 2.05) is 23.1 Å². The fourth-order valence-electron chi connectivity index (χ4n) is 3.92. The van der Waals surface area contributed by atoms with Crippen LogP contribution in [-0.2, 0) is 0 Å². The molecule has 4 aromatic rings. The molecule has 1 fully saturated rings. The van der Waals surface area contributed by atoms with E-state index in [4.69, 9.17) is 5.26 Å². The van der Waals surface area contributed by atoms with Crippen LogP contribution in [0.25, 0.3) is 27.5 Å². The third kappa shape index (κ3) is 4.03. The smallest absolute Gasteiger partial charge is 0.284 e. The first-order valence-corrected chi connectivity index (χ1v) is 11.6. The zero-order chi connectivity index (χ0) is 22.9. The van der Waals surface area contributed by atoms with Gasteiger partial charge < -0.3 is 10.2 Å². The number of rotatable bonds is 5. The first-order chi connectivity index (χ1) is 16.0. The molecule has 0 radical (unpaired) electrons. The van der Waals surface area contributed by atoms with Gasteiger partial charge in [0.25, 0.3) is 5.91 Å². The van der Waals surface area contributed by atoms with Crippen LogP contribution in [0.1, 0.15) is 42.1 Å². The highest BCUT2D eigenvalue weighted by atomic mass is 32.1. The summed E-state index contributed by atoms with van der Waals surface area (Å²) in [6.07, 6.45) is 5.37. The van der Waals surface area contributed by atoms with E-state index in [2.05, 4.69) is 45.5 Å². The predicted molar refractivity (Wildman–Crippen MR) is 126 cm³/mol. The highest BCUT2D eigenvalue weighted by molar-refractivity contribution is 7.16. The van der Waals surface area contributed by atoms with Crippen molar-refractivity contribution in [3.8, 4) is 28.0 Å². The maximum absolute atomic E-state index is 12.7. The topological polar surface area (TPSA) is 112 Å². The summed E-state index contributed by atoms with van der Waals surface area (Å²) < 4.78 is 1.76. The number of fused-ring (bicyclic) bond motifs is 1. The fraction of sp³-hybridized carbons (Fsp3) is 0.304. The average molecular weight is 459 g/mol. The lowest BCUT2D eigenvalue weighted by Gasteiger charge is -2.14. The van der Waals surface area contributed by atoms with Crippen LogP contribution in [-0.4, -0.2) is 54.7 Å². The number of anilines is 1. The van der Waals surface area contributed by atoms with Crippen molar-refractivity contribution >= 4 is 28.4 Å². The molecule has 33 heavy (non-hydrogen) atoms. The number of carbonyl (C=O) groups excluding carboxylic acids is 1. The lowest BCUT2D eigenvalue weighted by molar-refractivity contribution is 0.0791. The first-order valence-electron chi connectivity index (χ1n) is 10.8. The van der Waals surface area contributed by atoms with E-state index in [0.717, 1.165) is 54.1 Å². The van der Waals surface area contributed by atoms with Gasteiger partial charge in [0.2, 0.25) is 5.01 Å². The second-order valence-corrected chi connectivity index (χ2v) is 9.21. The molecule has 0 aliphatic carbocycles. The molecule has 1 N–H and O–H groups in total. The van der Waals surface area contributed by atoms with Crippen LogP contribution in [0.15, 0.2) is 36.7 Å². The summed E-state index contributed by atoms with van der Waals surface area (Å²) >= 11 is 1.29. The van der Waals surface area contributed by atoms with Gasteiger partial charge in [-0.05, 0) is 51.0 Å². The quantitative estimate of drug-likeness (QED) is 0.483. The van der Waals surface area contributed by atoms with Crippen molar-refractivity contribution in [2.24, 2.45) is 0 Å². The summed E-state index contributed by atoms with van der Waals surface area (Å²) in [4.78, 5) is 19.2. The van der Waals surface area contributed by atoms with Gasteiger partial charge in [0.1, 0.15) is 6.07 Å². The minimum Gasteiger partial charge on any atom is -0.382 e. The molecule has 5 heterocycles. The molecule has 0 unspecified atom stereocenters. The normalized spacial score (nSPS) is 13.6. The Morgan fingerprint density at radius 1 is 1.18 bits per heavy atom. The molecule has 0 bridgehead atoms. The molecule has 166 valence electrons. The second-order valence-electron chi connectivity index (χ2n) is 8.24. The van der Waals surface area contributed by atoms with E-state index in [-0.39, 0.29) is 11.9 Å². The number of nitriles is 1. The van der Waals surface area contributed by atoms with Crippen molar-refractivity contribution in [3.63, 3.8) is 0 Å². The van der Waals surface area contributed by atoms with E-state index in [9.17, 15) is 4.79 Å². The molecule has 5 rings (SSSR count). The minimum absolute atomic E-state index is 0.0540. The number of carbonyl (C=O) groups is 1. The summed E-state index contributed by atoms with van der Waals surface area (Å²) in [5.74, 6) is -0.0540. The predicted octanol–water partition coefficient (Wildman–Crippen LogP) is 3.84. The molecular formula is C23H22N8OS. The van der Waals surface area contributed by atoms with Crippen LogP contribution in [0.2, 0.25) is 0 Å². The maximum atomic E-state index is 12.7. The van der Waals surface area contributed by atoms with Gasteiger partial charge in [-0.25, -0.2) is 4.52 Å². The SMILES string of the molecule is CC(C)Nc1cc(-c2ccc3cc(C#N)cnn23)ncc1-c1nnc(C(=O)N2CCCC2)s1. The van der Waals surface area contributed by atoms with E-state index in [1.54, 1.807) is 16.8 Å². The lowest BCUT2D eigenvalue weighted by atomic mass is 10.1. The zero-order valence-corrected chi connectivity index (χ0v) is 19.1. The van der Waals surface area contributed by atoms with E-state index in [1.165, 1.54) is 17.5 Å². The van der Waals surface area contributed by atoms with Gasteiger partial charge in [0.05, 0.1) is 34.2 Å². The Morgan fingerprint density at radius 3 is 2.76 bits per heavy atom. The highest BCUT2D eigenvalue weighted by Gasteiger charge is 2.24. The summed E-state index contributed by atoms with van der Waals surface area (Å²) in [6, 6.07) is 9.88. The fourth-order valence-corrected chi connectivity index (χ4v) is 4.76. The molecule has 10 heteroatoms. The van der Waals surface area contributed by atoms with E-state index >= 15 is 0 Å². The molecule has 1 aliphatic rings. The van der Waals surface area contributed by atoms with Gasteiger partial charge in [-0.3, -0.25) is 9.78 Å². The largest absolute Gasteiger partial charge is 0.382 e. The third-order valence-electron chi connectivity index (χ3n) is 5.47. The zero-order valence-electron chi connectivity index (χ0n) is 18.3. The second kappa shape index (κ2) is 8.60. The molecule has 0 atom stereocenters. The van der Waals surface area contributed by atoms with E-state index < -0.39 is 0 Å². The van der Waals surface area contributed by atoms with E-state index in [0.29, 0.717) is 15.6 Å². The van der Waals surface area contributed by atoms with Crippen LogP contribution in [0.3, 0.4) is 0 Å². The average Bonchev–Trinajstić information content (AvgIpc) is 3.58. The monoisotopic (exact) mass is 458 g/mol. The van der Waals surface area contributed by atoms with Gasteiger partial charge in [-0.2, -0.15) is 10.4 Å². The Kier molecular flexibility index (Phi) is 5.48. The molecule has 9 nitrogen and oxygen atoms in total. The number of nitrogens with one attached hydrogen (secondary N) is 1. The Balaban J connectivity index is 1.52. The summed E-state index contributed by atoms with van der Waals surface area (Å²) in [5.41, 5.74) is 4.53. The molecular weight excluding hydrogens is 436 g/mol. The number of likely N-dealkylation sites (tertiary alicyclic amines) is 1. The molecule has 1 saturated heterocycles. The maximum Gasteiger partial charge on any atom is 0.284 e. The standard InChI is InChI=1S/C23H22N8OS/c1-14(2)27-18-10-19(20-6-5-16-9-15(11-24)12-26-31(16)20)25-13-17(18)21-28-29-22(33-21)23(32)30-7-3-4-8-30/h5-6,9-10,12-14H,3-4,7-8H2,1-2H3,(H,25,27). The summed E-state index contributed by atoms with van der Waals surface area (Å²) in [6.45, 7) is 5.67. The van der Waals surface area contributed by atoms with Gasteiger partial charge >= 0.3 is 0 Å². The van der Waals surface area contributed by atoms with Crippen molar-refractivity contribution in [1.29, 1.82) is 5.26 Å². The number of amides is 1. The Hall–Kier alpha value is -3.84. The molecule has 0 saturated carbocycles. The minimum atomic E-state index is -0.0540. The van der Waals surface area contributed by atoms with Crippen LogP contribution in [0.4, 0.5) is 5.69 Å². The summed E-state index contributed by atoms with van der Waals surface area (Å²) in [7, 11) is 0. The Bertz CT molecular complexity index is 1380. The lowest BCUT2D eigenvalue weighted by Crippen LogP contribution is -2.27. The first kappa shape index (κ1) is 21.0. The summed E-state index contributed by atoms with van der Waals surface area (Å²) in [5, 5.41) is 26.5. The third-order valence-corrected chi connectivity index (χ3v) is 6.42. The number of nitrogens with zero attached hydrogens (tertiary/aromatic N) is 7. The molecule has 0 aromatic carbocycles. The van der Waals surface area contributed by atoms with Crippen LogP contribution >= 0.6 is 11.3 Å². The highest BCUT2D eigenvalue weighted by Crippen LogP contribution is 2.34. The van der Waals surface area contributed by atoms with Crippen molar-refractivity contribution in [2.75, 3.05) is 18.4 Å². The molecule has 1 aliphatic heterocycles. The number of aromatic nitrogens is 5. The van der Waals surface area contributed by atoms with Crippen LogP contribution in [0.5, 0.6) is 0 Å². The van der Waals surface area contributed by atoms with Crippen LogP contribution < -0.4 is 5.32 Å². The van der Waals surface area contributed by atoms with Gasteiger partial charge in [-0.15, -0.1) is 10.2 Å². The van der Waals surface area contributed by atoms with Crippen molar-refractivity contribution < 1.29 is 4.79 Å². The number of hydrogen-bond acceptors (Lipinski definition) is 8. The van der Waals surface area contributed by atoms with Crippen molar-refractivity contribution in [2.45, 2.75) is 32.7 Å². The van der Waals surface area contributed by atoms with Crippen molar-refractivity contribution in [3.05, 3.63) is 47.2 Å². The number of hydrogen-bond donors (Lipinski definition) is 1. The molecule has 1 amide bonds. The molecule has 0 spiro atoms. The molecule has 4 aromatic heterocycles. The van der Waals surface area contributed by atoms with Gasteiger partial charge in [0.15, 0.2) is 5.01 Å². The van der Waals surface area contributed by atoms with Crippen molar-refractivity contribution in [1.82, 2.24) is 29.7 Å². The Morgan fingerprint density at radius 2 is 2.00 bits per heavy atom. The van der Waals surface area contributed by atoms with Crippen LogP contribution in [0, 0.1) is 11.3 Å². The Labute approximate surface area is 194 Å². The van der Waals surface area contributed by atoms with Gasteiger partial charge in [0, 0.05) is 31.0 Å². The van der Waals surface area contributed by atoms with Gasteiger partial charge in [-0.1, -0.05) is 11.3 Å².